The molecular formula is C21H21FN4O2. The van der Waals surface area contributed by atoms with Crippen LogP contribution in [0.3, 0.4) is 0 Å². The van der Waals surface area contributed by atoms with Crippen molar-refractivity contribution >= 4 is 12.0 Å². The molecule has 3 rings (SSSR count). The third-order valence-electron chi connectivity index (χ3n) is 4.03. The normalized spacial score (nSPS) is 10.9. The summed E-state index contributed by atoms with van der Waals surface area (Å²) in [7, 11) is 1.69. The molecule has 1 amide bonds. The lowest BCUT2D eigenvalue weighted by Crippen LogP contribution is -2.29. The second-order valence-corrected chi connectivity index (χ2v) is 6.22. The van der Waals surface area contributed by atoms with Crippen LogP contribution in [0.15, 0.2) is 66.9 Å². The van der Waals surface area contributed by atoms with Gasteiger partial charge in [0, 0.05) is 13.1 Å². The molecule has 3 aromatic rings. The molecule has 0 radical (unpaired) electrons. The average Bonchev–Trinajstić information content (AvgIpc) is 3.15. The molecule has 0 aliphatic rings. The van der Waals surface area contributed by atoms with Crippen molar-refractivity contribution in [3.8, 4) is 5.75 Å². The maximum Gasteiger partial charge on any atom is 0.246 e. The Kier molecular flexibility index (Phi) is 6.51. The molecule has 7 heteroatoms. The van der Waals surface area contributed by atoms with E-state index in [1.165, 1.54) is 23.1 Å². The van der Waals surface area contributed by atoms with E-state index in [2.05, 4.69) is 10.3 Å². The maximum absolute atomic E-state index is 12.9. The van der Waals surface area contributed by atoms with E-state index in [4.69, 9.17) is 4.74 Å². The first-order valence-electron chi connectivity index (χ1n) is 8.86. The molecule has 6 nitrogen and oxygen atoms in total. The molecule has 0 aliphatic heterocycles. The maximum atomic E-state index is 12.9. The van der Waals surface area contributed by atoms with E-state index in [0.29, 0.717) is 31.1 Å². The van der Waals surface area contributed by atoms with Gasteiger partial charge in [-0.15, -0.1) is 5.10 Å². The van der Waals surface area contributed by atoms with Crippen LogP contribution in [0.1, 0.15) is 11.3 Å². The molecule has 28 heavy (non-hydrogen) atoms. The van der Waals surface area contributed by atoms with Crippen LogP contribution in [-0.2, 0) is 11.3 Å². The Morgan fingerprint density at radius 1 is 1.18 bits per heavy atom. The molecule has 2 aromatic carbocycles. The van der Waals surface area contributed by atoms with Gasteiger partial charge in [0.2, 0.25) is 5.91 Å². The quantitative estimate of drug-likeness (QED) is 0.564. The van der Waals surface area contributed by atoms with E-state index in [0.717, 1.165) is 5.56 Å². The first-order valence-corrected chi connectivity index (χ1v) is 8.86. The highest BCUT2D eigenvalue weighted by Gasteiger charge is 2.06. The fourth-order valence-electron chi connectivity index (χ4n) is 2.46. The minimum Gasteiger partial charge on any atom is -0.492 e. The zero-order valence-electron chi connectivity index (χ0n) is 15.5. The number of nitrogens with zero attached hydrogens (tertiary/aromatic N) is 4. The molecule has 0 atom stereocenters. The highest BCUT2D eigenvalue weighted by Crippen LogP contribution is 2.10. The fraction of sp³-hybridized carbons (Fsp3) is 0.190. The number of carbonyl (C=O) groups is 1. The van der Waals surface area contributed by atoms with Gasteiger partial charge in [0.05, 0.1) is 19.3 Å². The van der Waals surface area contributed by atoms with Crippen LogP contribution in [-0.4, -0.2) is 46.0 Å². The Bertz CT molecular complexity index is 923. The van der Waals surface area contributed by atoms with Gasteiger partial charge in [-0.25, -0.2) is 9.07 Å². The average molecular weight is 380 g/mol. The summed E-state index contributed by atoms with van der Waals surface area (Å²) in [4.78, 5) is 13.7. The summed E-state index contributed by atoms with van der Waals surface area (Å²) >= 11 is 0. The van der Waals surface area contributed by atoms with E-state index < -0.39 is 0 Å². The number of hydrogen-bond acceptors (Lipinski definition) is 4. The zero-order valence-corrected chi connectivity index (χ0v) is 15.5. The first kappa shape index (κ1) is 19.3. The minimum atomic E-state index is -0.314. The van der Waals surface area contributed by atoms with Gasteiger partial charge in [0.1, 0.15) is 23.9 Å². The minimum absolute atomic E-state index is 0.166. The summed E-state index contributed by atoms with van der Waals surface area (Å²) in [6.07, 6.45) is 4.87. The Labute approximate surface area is 162 Å². The van der Waals surface area contributed by atoms with E-state index in [1.807, 2.05) is 30.3 Å². The number of carbonyl (C=O) groups excluding carboxylic acids is 1. The first-order chi connectivity index (χ1) is 13.6. The highest BCUT2D eigenvalue weighted by molar-refractivity contribution is 5.91. The third-order valence-corrected chi connectivity index (χ3v) is 4.03. The van der Waals surface area contributed by atoms with Crippen molar-refractivity contribution in [2.75, 3.05) is 20.2 Å². The summed E-state index contributed by atoms with van der Waals surface area (Å²) < 4.78 is 20.1. The second kappa shape index (κ2) is 9.45. The number of benzene rings is 2. The van der Waals surface area contributed by atoms with Crippen molar-refractivity contribution in [2.45, 2.75) is 6.54 Å². The van der Waals surface area contributed by atoms with Gasteiger partial charge >= 0.3 is 0 Å². The predicted octanol–water partition coefficient (Wildman–Crippen LogP) is 3.02. The summed E-state index contributed by atoms with van der Waals surface area (Å²) in [5.74, 6) is 0.0821. The van der Waals surface area contributed by atoms with Gasteiger partial charge in [0.15, 0.2) is 0 Å². The molecule has 0 saturated heterocycles. The van der Waals surface area contributed by atoms with E-state index in [-0.39, 0.29) is 11.7 Å². The van der Waals surface area contributed by atoms with Crippen molar-refractivity contribution in [3.05, 3.63) is 83.9 Å². The molecule has 144 valence electrons. The van der Waals surface area contributed by atoms with Crippen LogP contribution in [0.4, 0.5) is 4.39 Å². The fourth-order valence-corrected chi connectivity index (χ4v) is 2.46. The summed E-state index contributed by atoms with van der Waals surface area (Å²) in [5, 5.41) is 8.12. The van der Waals surface area contributed by atoms with Crippen LogP contribution in [0.5, 0.6) is 5.75 Å². The third kappa shape index (κ3) is 5.77. The van der Waals surface area contributed by atoms with Crippen molar-refractivity contribution in [1.29, 1.82) is 0 Å². The van der Waals surface area contributed by atoms with Crippen molar-refractivity contribution in [1.82, 2.24) is 19.9 Å². The lowest BCUT2D eigenvalue weighted by atomic mass is 10.2. The van der Waals surface area contributed by atoms with E-state index in [9.17, 15) is 9.18 Å². The van der Waals surface area contributed by atoms with Crippen molar-refractivity contribution < 1.29 is 13.9 Å². The Morgan fingerprint density at radius 3 is 2.68 bits per heavy atom. The molecule has 0 bridgehead atoms. The smallest absolute Gasteiger partial charge is 0.246 e. The van der Waals surface area contributed by atoms with Crippen LogP contribution < -0.4 is 4.74 Å². The van der Waals surface area contributed by atoms with E-state index in [1.54, 1.807) is 36.1 Å². The largest absolute Gasteiger partial charge is 0.492 e. The number of hydrogen-bond donors (Lipinski definition) is 0. The van der Waals surface area contributed by atoms with Crippen LogP contribution in [0.2, 0.25) is 0 Å². The molecule has 0 fully saturated rings. The Hall–Kier alpha value is -3.48. The Balaban J connectivity index is 1.45. The topological polar surface area (TPSA) is 60.2 Å². The van der Waals surface area contributed by atoms with Crippen LogP contribution in [0.25, 0.3) is 6.08 Å². The predicted molar refractivity (Wildman–Crippen MR) is 104 cm³/mol. The number of aromatic nitrogens is 3. The lowest BCUT2D eigenvalue weighted by Gasteiger charge is -2.15. The molecule has 0 aliphatic carbocycles. The van der Waals surface area contributed by atoms with Gasteiger partial charge in [0.25, 0.3) is 0 Å². The van der Waals surface area contributed by atoms with Gasteiger partial charge in [-0.1, -0.05) is 35.5 Å². The Morgan fingerprint density at radius 2 is 1.93 bits per heavy atom. The SMILES string of the molecule is CN(CCOc1ccc(F)cc1)C(=O)/C=C/c1cn(Cc2ccccc2)nn1. The van der Waals surface area contributed by atoms with Gasteiger partial charge in [-0.2, -0.15) is 0 Å². The van der Waals surface area contributed by atoms with Crippen molar-refractivity contribution in [3.63, 3.8) is 0 Å². The molecule has 1 heterocycles. The number of ether oxygens (including phenoxy) is 1. The monoisotopic (exact) mass is 380 g/mol. The molecular weight excluding hydrogens is 359 g/mol. The highest BCUT2D eigenvalue weighted by atomic mass is 19.1. The van der Waals surface area contributed by atoms with E-state index >= 15 is 0 Å². The second-order valence-electron chi connectivity index (χ2n) is 6.22. The zero-order chi connectivity index (χ0) is 19.8. The van der Waals surface area contributed by atoms with Gasteiger partial charge in [-0.3, -0.25) is 4.79 Å². The number of amides is 1. The van der Waals surface area contributed by atoms with Gasteiger partial charge in [-0.05, 0) is 35.9 Å². The summed E-state index contributed by atoms with van der Waals surface area (Å²) in [6, 6.07) is 15.7. The number of likely N-dealkylation sites (N-methyl/N-ethyl adjacent to an activating group) is 1. The molecule has 0 unspecified atom stereocenters. The van der Waals surface area contributed by atoms with Crippen LogP contribution in [0, 0.1) is 5.82 Å². The lowest BCUT2D eigenvalue weighted by molar-refractivity contribution is -0.125. The molecule has 0 N–H and O–H groups in total. The summed E-state index contributed by atoms with van der Waals surface area (Å²) in [6.45, 7) is 1.34. The molecule has 1 aromatic heterocycles. The summed E-state index contributed by atoms with van der Waals surface area (Å²) in [5.41, 5.74) is 1.74. The number of halogens is 1. The van der Waals surface area contributed by atoms with Gasteiger partial charge < -0.3 is 9.64 Å². The molecule has 0 saturated carbocycles. The van der Waals surface area contributed by atoms with Crippen LogP contribution >= 0.6 is 0 Å². The standard InChI is InChI=1S/C21H21FN4O2/c1-25(13-14-28-20-10-7-18(22)8-11-20)21(27)12-9-19-16-26(24-23-19)15-17-5-3-2-4-6-17/h2-12,16H,13-15H2,1H3/b12-9+. The number of rotatable bonds is 8. The van der Waals surface area contributed by atoms with Crippen molar-refractivity contribution in [2.24, 2.45) is 0 Å². The molecule has 0 spiro atoms.